The lowest BCUT2D eigenvalue weighted by Gasteiger charge is -2.31. The quantitative estimate of drug-likeness (QED) is 0.737. The summed E-state index contributed by atoms with van der Waals surface area (Å²) in [6.45, 7) is 1.65. The van der Waals surface area contributed by atoms with Crippen molar-refractivity contribution >= 4 is 11.8 Å². The summed E-state index contributed by atoms with van der Waals surface area (Å²) in [5.74, 6) is -0.366. The van der Waals surface area contributed by atoms with Gasteiger partial charge in [0.05, 0.1) is 0 Å². The number of anilines is 1. The highest BCUT2D eigenvalue weighted by Gasteiger charge is 2.18. The Bertz CT molecular complexity index is 379. The van der Waals surface area contributed by atoms with E-state index >= 15 is 0 Å². The molecular weight excluding hydrogens is 208 g/mol. The number of hydrogen-bond acceptors (Lipinski definition) is 5. The number of piperidine rings is 1. The Morgan fingerprint density at radius 3 is 2.88 bits per heavy atom. The Morgan fingerprint density at radius 2 is 2.31 bits per heavy atom. The Balaban J connectivity index is 2.11. The summed E-state index contributed by atoms with van der Waals surface area (Å²) < 4.78 is 0. The largest absolute Gasteiger partial charge is 0.476 e. The lowest BCUT2D eigenvalue weighted by Crippen LogP contribution is -2.43. The topological polar surface area (TPSA) is 92.3 Å². The summed E-state index contributed by atoms with van der Waals surface area (Å²) >= 11 is 0. The van der Waals surface area contributed by atoms with Crippen molar-refractivity contribution in [2.75, 3.05) is 18.0 Å². The maximum Gasteiger partial charge on any atom is 0.356 e. The van der Waals surface area contributed by atoms with Crippen LogP contribution >= 0.6 is 0 Å². The van der Waals surface area contributed by atoms with Crippen LogP contribution in [0.25, 0.3) is 0 Å². The fourth-order valence-electron chi connectivity index (χ4n) is 1.83. The summed E-state index contributed by atoms with van der Waals surface area (Å²) in [6, 6.07) is 3.30. The molecule has 2 rings (SSSR count). The second kappa shape index (κ2) is 4.44. The molecule has 6 heteroatoms. The number of carboxylic acids is 1. The number of carboxylic acid groups (broad SMARTS) is 1. The van der Waals surface area contributed by atoms with Gasteiger partial charge in [-0.2, -0.15) is 0 Å². The molecule has 1 aliphatic rings. The van der Waals surface area contributed by atoms with E-state index in [2.05, 4.69) is 10.2 Å². The standard InChI is InChI=1S/C10H14N4O2/c11-7-2-1-5-14(6-7)9-4-3-8(10(15)16)12-13-9/h3-4,7H,1-2,5-6,11H2,(H,15,16)/t7-/m0/s1. The molecule has 1 aliphatic heterocycles. The number of rotatable bonds is 2. The Hall–Kier alpha value is -1.69. The van der Waals surface area contributed by atoms with E-state index in [0.29, 0.717) is 5.82 Å². The molecule has 86 valence electrons. The molecule has 0 saturated carbocycles. The molecule has 6 nitrogen and oxygen atoms in total. The van der Waals surface area contributed by atoms with Crippen molar-refractivity contribution in [3.8, 4) is 0 Å². The van der Waals surface area contributed by atoms with Crippen molar-refractivity contribution in [1.82, 2.24) is 10.2 Å². The van der Waals surface area contributed by atoms with Crippen LogP contribution in [0.2, 0.25) is 0 Å². The van der Waals surface area contributed by atoms with Crippen molar-refractivity contribution in [3.63, 3.8) is 0 Å². The fourth-order valence-corrected chi connectivity index (χ4v) is 1.83. The van der Waals surface area contributed by atoms with Crippen molar-refractivity contribution in [1.29, 1.82) is 0 Å². The summed E-state index contributed by atoms with van der Waals surface area (Å²) in [4.78, 5) is 12.6. The van der Waals surface area contributed by atoms with Gasteiger partial charge in [-0.25, -0.2) is 4.79 Å². The van der Waals surface area contributed by atoms with E-state index in [-0.39, 0.29) is 11.7 Å². The lowest BCUT2D eigenvalue weighted by molar-refractivity contribution is 0.0689. The number of aromatic carboxylic acids is 1. The Labute approximate surface area is 93.1 Å². The number of nitrogens with zero attached hydrogens (tertiary/aromatic N) is 3. The first kappa shape index (κ1) is 10.8. The molecule has 0 unspecified atom stereocenters. The molecule has 1 atom stereocenters. The highest BCUT2D eigenvalue weighted by Crippen LogP contribution is 2.16. The van der Waals surface area contributed by atoms with Crippen molar-refractivity contribution < 1.29 is 9.90 Å². The van der Waals surface area contributed by atoms with Crippen LogP contribution < -0.4 is 10.6 Å². The van der Waals surface area contributed by atoms with Crippen LogP contribution in [0.15, 0.2) is 12.1 Å². The minimum Gasteiger partial charge on any atom is -0.476 e. The second-order valence-corrected chi connectivity index (χ2v) is 3.93. The van der Waals surface area contributed by atoms with Crippen molar-refractivity contribution in [3.05, 3.63) is 17.8 Å². The van der Waals surface area contributed by atoms with E-state index in [4.69, 9.17) is 10.8 Å². The molecule has 1 aromatic rings. The summed E-state index contributed by atoms with van der Waals surface area (Å²) in [6.07, 6.45) is 2.06. The van der Waals surface area contributed by atoms with E-state index in [1.54, 1.807) is 6.07 Å². The van der Waals surface area contributed by atoms with E-state index in [9.17, 15) is 4.79 Å². The zero-order valence-corrected chi connectivity index (χ0v) is 8.83. The zero-order valence-electron chi connectivity index (χ0n) is 8.83. The molecule has 0 aliphatic carbocycles. The number of carbonyl (C=O) groups is 1. The summed E-state index contributed by atoms with van der Waals surface area (Å²) in [7, 11) is 0. The van der Waals surface area contributed by atoms with Gasteiger partial charge in [0, 0.05) is 19.1 Å². The molecule has 2 heterocycles. The highest BCUT2D eigenvalue weighted by molar-refractivity contribution is 5.85. The average molecular weight is 222 g/mol. The number of aromatic nitrogens is 2. The molecule has 0 amide bonds. The highest BCUT2D eigenvalue weighted by atomic mass is 16.4. The van der Waals surface area contributed by atoms with Gasteiger partial charge >= 0.3 is 5.97 Å². The van der Waals surface area contributed by atoms with Crippen LogP contribution in [0, 0.1) is 0 Å². The second-order valence-electron chi connectivity index (χ2n) is 3.93. The predicted octanol–water partition coefficient (Wildman–Crippen LogP) is 0.102. The molecular formula is C10H14N4O2. The average Bonchev–Trinajstić information content (AvgIpc) is 2.29. The first-order valence-corrected chi connectivity index (χ1v) is 5.24. The molecule has 0 aromatic carbocycles. The molecule has 3 N–H and O–H groups in total. The van der Waals surface area contributed by atoms with Crippen LogP contribution in [0.3, 0.4) is 0 Å². The predicted molar refractivity (Wildman–Crippen MR) is 58.4 cm³/mol. The van der Waals surface area contributed by atoms with Gasteiger partial charge in [0.15, 0.2) is 11.5 Å². The molecule has 1 aromatic heterocycles. The maximum absolute atomic E-state index is 10.6. The molecule has 1 fully saturated rings. The molecule has 0 spiro atoms. The van der Waals surface area contributed by atoms with Crippen LogP contribution in [-0.4, -0.2) is 40.4 Å². The molecule has 16 heavy (non-hydrogen) atoms. The van der Waals surface area contributed by atoms with E-state index in [0.717, 1.165) is 25.9 Å². The van der Waals surface area contributed by atoms with Crippen LogP contribution in [-0.2, 0) is 0 Å². The monoisotopic (exact) mass is 222 g/mol. The van der Waals surface area contributed by atoms with E-state index < -0.39 is 5.97 Å². The number of hydrogen-bond donors (Lipinski definition) is 2. The summed E-state index contributed by atoms with van der Waals surface area (Å²) in [5, 5.41) is 16.2. The van der Waals surface area contributed by atoms with Gasteiger partial charge in [-0.3, -0.25) is 0 Å². The fraction of sp³-hybridized carbons (Fsp3) is 0.500. The molecule has 0 bridgehead atoms. The van der Waals surface area contributed by atoms with Gasteiger partial charge in [0.2, 0.25) is 0 Å². The van der Waals surface area contributed by atoms with Gasteiger partial charge in [0.1, 0.15) is 0 Å². The van der Waals surface area contributed by atoms with Crippen molar-refractivity contribution in [2.45, 2.75) is 18.9 Å². The SMILES string of the molecule is N[C@H]1CCCN(c2ccc(C(=O)O)nn2)C1. The van der Waals surface area contributed by atoms with Gasteiger partial charge in [-0.1, -0.05) is 0 Å². The van der Waals surface area contributed by atoms with Gasteiger partial charge in [-0.05, 0) is 25.0 Å². The minimum absolute atomic E-state index is 0.0370. The summed E-state index contributed by atoms with van der Waals surface area (Å²) in [5.41, 5.74) is 5.82. The Kier molecular flexibility index (Phi) is 3.00. The zero-order chi connectivity index (χ0) is 11.5. The molecule has 0 radical (unpaired) electrons. The lowest BCUT2D eigenvalue weighted by atomic mass is 10.1. The van der Waals surface area contributed by atoms with Crippen LogP contribution in [0.1, 0.15) is 23.3 Å². The first-order chi connectivity index (χ1) is 7.66. The first-order valence-electron chi connectivity index (χ1n) is 5.24. The Morgan fingerprint density at radius 1 is 1.50 bits per heavy atom. The third-order valence-corrected chi connectivity index (χ3v) is 2.65. The van der Waals surface area contributed by atoms with E-state index in [1.807, 2.05) is 4.90 Å². The maximum atomic E-state index is 10.6. The van der Waals surface area contributed by atoms with E-state index in [1.165, 1.54) is 6.07 Å². The third kappa shape index (κ3) is 2.27. The normalized spacial score (nSPS) is 20.8. The van der Waals surface area contributed by atoms with Gasteiger partial charge in [-0.15, -0.1) is 10.2 Å². The third-order valence-electron chi connectivity index (χ3n) is 2.65. The number of nitrogens with two attached hydrogens (primary N) is 1. The van der Waals surface area contributed by atoms with Gasteiger partial charge < -0.3 is 15.7 Å². The van der Waals surface area contributed by atoms with Crippen LogP contribution in [0.4, 0.5) is 5.82 Å². The van der Waals surface area contributed by atoms with Gasteiger partial charge in [0.25, 0.3) is 0 Å². The van der Waals surface area contributed by atoms with Crippen LogP contribution in [0.5, 0.6) is 0 Å². The smallest absolute Gasteiger partial charge is 0.356 e. The van der Waals surface area contributed by atoms with Crippen molar-refractivity contribution in [2.24, 2.45) is 5.73 Å². The molecule has 1 saturated heterocycles. The minimum atomic E-state index is -1.06.